The Morgan fingerprint density at radius 3 is 2.41 bits per heavy atom. The van der Waals surface area contributed by atoms with Gasteiger partial charge in [0.25, 0.3) is 5.91 Å². The lowest BCUT2D eigenvalue weighted by Gasteiger charge is -2.38. The smallest absolute Gasteiger partial charge is 0.316 e. The van der Waals surface area contributed by atoms with E-state index in [4.69, 9.17) is 9.47 Å². The number of hydrogen-bond donors (Lipinski definition) is 1. The molecule has 2 aliphatic rings. The minimum absolute atomic E-state index is 0.116. The lowest BCUT2D eigenvalue weighted by atomic mass is 9.77. The van der Waals surface area contributed by atoms with Crippen molar-refractivity contribution in [1.82, 2.24) is 25.1 Å². The molecule has 0 aliphatic carbocycles. The normalized spacial score (nSPS) is 17.3. The Bertz CT molecular complexity index is 1190. The van der Waals surface area contributed by atoms with Crippen LogP contribution in [-0.2, 0) is 4.79 Å². The van der Waals surface area contributed by atoms with E-state index in [1.807, 2.05) is 23.1 Å². The molecule has 2 aliphatic heterocycles. The highest BCUT2D eigenvalue weighted by Crippen LogP contribution is 2.44. The van der Waals surface area contributed by atoms with Crippen LogP contribution in [0.15, 0.2) is 43.0 Å². The number of piperidine rings is 1. The summed E-state index contributed by atoms with van der Waals surface area (Å²) >= 11 is 0. The van der Waals surface area contributed by atoms with E-state index in [1.165, 1.54) is 19.5 Å². The molecule has 2 saturated heterocycles. The van der Waals surface area contributed by atoms with Crippen LogP contribution in [0, 0.1) is 5.41 Å². The zero-order valence-corrected chi connectivity index (χ0v) is 19.2. The van der Waals surface area contributed by atoms with E-state index in [9.17, 15) is 9.59 Å². The van der Waals surface area contributed by atoms with Crippen LogP contribution in [0.5, 0.6) is 11.8 Å². The number of hydrogen-bond acceptors (Lipinski definition) is 7. The molecule has 0 unspecified atom stereocenters. The van der Waals surface area contributed by atoms with Gasteiger partial charge in [-0.05, 0) is 31.4 Å². The fraction of sp³-hybridized carbons (Fsp3) is 0.375. The number of nitrogens with zero attached hydrogens (tertiary/aromatic N) is 5. The van der Waals surface area contributed by atoms with Crippen molar-refractivity contribution in [2.45, 2.75) is 19.3 Å². The highest BCUT2D eigenvalue weighted by atomic mass is 16.5. The summed E-state index contributed by atoms with van der Waals surface area (Å²) in [6.07, 6.45) is 8.53. The number of amides is 2. The fourth-order valence-electron chi connectivity index (χ4n) is 4.87. The maximum atomic E-state index is 13.5. The summed E-state index contributed by atoms with van der Waals surface area (Å²) in [5.41, 5.74) is 2.63. The predicted molar refractivity (Wildman–Crippen MR) is 124 cm³/mol. The van der Waals surface area contributed by atoms with Crippen molar-refractivity contribution in [3.8, 4) is 22.9 Å². The predicted octanol–water partition coefficient (Wildman–Crippen LogP) is 2.54. The third kappa shape index (κ3) is 3.74. The molecule has 2 aromatic heterocycles. The summed E-state index contributed by atoms with van der Waals surface area (Å²) < 4.78 is 10.6. The molecule has 3 aromatic rings. The lowest BCUT2D eigenvalue weighted by molar-refractivity contribution is -0.127. The van der Waals surface area contributed by atoms with E-state index < -0.39 is 5.41 Å². The highest BCUT2D eigenvalue weighted by molar-refractivity contribution is 6.01. The van der Waals surface area contributed by atoms with Gasteiger partial charge < -0.3 is 19.3 Å². The van der Waals surface area contributed by atoms with Crippen LogP contribution in [0.1, 0.15) is 29.6 Å². The molecule has 2 fully saturated rings. The Hall–Kier alpha value is -3.95. The number of nitrogens with one attached hydrogen (secondary N) is 1. The van der Waals surface area contributed by atoms with Gasteiger partial charge in [0.1, 0.15) is 5.75 Å². The van der Waals surface area contributed by atoms with Crippen LogP contribution >= 0.6 is 0 Å². The quantitative estimate of drug-likeness (QED) is 0.620. The van der Waals surface area contributed by atoms with Gasteiger partial charge in [0.05, 0.1) is 31.4 Å². The van der Waals surface area contributed by atoms with Crippen molar-refractivity contribution in [1.29, 1.82) is 0 Å². The van der Waals surface area contributed by atoms with Gasteiger partial charge in [-0.1, -0.05) is 0 Å². The standard InChI is InChI=1S/C24H26N6O4/c1-33-20-11-18(3-4-19(20)16-14-27-28-15-16)30-10-7-24(22(30)32)5-8-29(9-6-24)21(31)17-12-25-23(34-2)26-13-17/h3-4,11-15H,5-10H2,1-2H3,(H,27,28). The summed E-state index contributed by atoms with van der Waals surface area (Å²) in [4.78, 5) is 38.1. The summed E-state index contributed by atoms with van der Waals surface area (Å²) in [5.74, 6) is 0.680. The number of ether oxygens (including phenoxy) is 2. The van der Waals surface area contributed by atoms with Gasteiger partial charge in [0.2, 0.25) is 5.91 Å². The molecule has 5 rings (SSSR count). The topological polar surface area (TPSA) is 114 Å². The second kappa shape index (κ2) is 8.77. The molecule has 10 nitrogen and oxygen atoms in total. The van der Waals surface area contributed by atoms with E-state index in [2.05, 4.69) is 20.2 Å². The van der Waals surface area contributed by atoms with E-state index in [1.54, 1.807) is 24.4 Å². The van der Waals surface area contributed by atoms with Crippen molar-refractivity contribution < 1.29 is 19.1 Å². The van der Waals surface area contributed by atoms with Gasteiger partial charge in [-0.25, -0.2) is 9.97 Å². The van der Waals surface area contributed by atoms with Gasteiger partial charge in [-0.2, -0.15) is 5.10 Å². The highest BCUT2D eigenvalue weighted by Gasteiger charge is 2.49. The van der Waals surface area contributed by atoms with Crippen molar-refractivity contribution in [3.63, 3.8) is 0 Å². The molecule has 1 N–H and O–H groups in total. The maximum absolute atomic E-state index is 13.5. The van der Waals surface area contributed by atoms with Gasteiger partial charge >= 0.3 is 6.01 Å². The number of rotatable bonds is 5. The average Bonchev–Trinajstić information content (AvgIpc) is 3.53. The van der Waals surface area contributed by atoms with Crippen molar-refractivity contribution in [3.05, 3.63) is 48.5 Å². The van der Waals surface area contributed by atoms with E-state index >= 15 is 0 Å². The Morgan fingerprint density at radius 2 is 1.76 bits per heavy atom. The van der Waals surface area contributed by atoms with E-state index in [-0.39, 0.29) is 17.8 Å². The van der Waals surface area contributed by atoms with Crippen LogP contribution in [0.25, 0.3) is 11.1 Å². The fourth-order valence-corrected chi connectivity index (χ4v) is 4.87. The SMILES string of the molecule is COc1ncc(C(=O)N2CCC3(CC2)CCN(c2ccc(-c4cn[nH]c4)c(OC)c2)C3=O)cn1. The molecule has 10 heteroatoms. The first-order chi connectivity index (χ1) is 16.5. The molecule has 0 saturated carbocycles. The van der Waals surface area contributed by atoms with Crippen LogP contribution in [0.4, 0.5) is 5.69 Å². The van der Waals surface area contributed by atoms with Gasteiger partial charge in [0, 0.05) is 61.1 Å². The lowest BCUT2D eigenvalue weighted by Crippen LogP contribution is -2.46. The molecule has 34 heavy (non-hydrogen) atoms. The van der Waals surface area contributed by atoms with E-state index in [0.717, 1.165) is 23.2 Å². The minimum atomic E-state index is -0.441. The average molecular weight is 463 g/mol. The number of carbonyl (C=O) groups excluding carboxylic acids is 2. The molecule has 4 heterocycles. The first kappa shape index (κ1) is 21.9. The van der Waals surface area contributed by atoms with Crippen molar-refractivity contribution >= 4 is 17.5 Å². The molecule has 176 valence electrons. The van der Waals surface area contributed by atoms with Gasteiger partial charge in [0.15, 0.2) is 0 Å². The number of carbonyl (C=O) groups is 2. The summed E-state index contributed by atoms with van der Waals surface area (Å²) in [6, 6.07) is 6.03. The summed E-state index contributed by atoms with van der Waals surface area (Å²) in [7, 11) is 3.10. The Labute approximate surface area is 196 Å². The Morgan fingerprint density at radius 1 is 1.03 bits per heavy atom. The second-order valence-corrected chi connectivity index (χ2v) is 8.61. The van der Waals surface area contributed by atoms with Crippen LogP contribution < -0.4 is 14.4 Å². The summed E-state index contributed by atoms with van der Waals surface area (Å²) in [6.45, 7) is 1.69. The maximum Gasteiger partial charge on any atom is 0.316 e. The number of anilines is 1. The van der Waals surface area contributed by atoms with Gasteiger partial charge in [-0.15, -0.1) is 0 Å². The molecule has 1 spiro atoms. The third-order valence-electron chi connectivity index (χ3n) is 6.88. The molecule has 0 bridgehead atoms. The number of H-pyrrole nitrogens is 1. The molecule has 2 amide bonds. The van der Waals surface area contributed by atoms with Crippen molar-refractivity contribution in [2.24, 2.45) is 5.41 Å². The number of likely N-dealkylation sites (tertiary alicyclic amines) is 1. The third-order valence-corrected chi connectivity index (χ3v) is 6.88. The molecule has 1 aromatic carbocycles. The molecule has 0 radical (unpaired) electrons. The van der Waals surface area contributed by atoms with Crippen molar-refractivity contribution in [2.75, 3.05) is 38.8 Å². The molecular formula is C24H26N6O4. The monoisotopic (exact) mass is 462 g/mol. The number of aromatic amines is 1. The first-order valence-electron chi connectivity index (χ1n) is 11.2. The number of aromatic nitrogens is 4. The zero-order valence-electron chi connectivity index (χ0n) is 19.2. The van der Waals surface area contributed by atoms with Crippen LogP contribution in [-0.4, -0.2) is 70.7 Å². The van der Waals surface area contributed by atoms with E-state index in [0.29, 0.717) is 43.8 Å². The first-order valence-corrected chi connectivity index (χ1v) is 11.2. The number of methoxy groups -OCH3 is 2. The summed E-state index contributed by atoms with van der Waals surface area (Å²) in [5, 5.41) is 6.81. The zero-order chi connectivity index (χ0) is 23.7. The Kier molecular flexibility index (Phi) is 5.64. The van der Waals surface area contributed by atoms with Gasteiger partial charge in [-0.3, -0.25) is 14.7 Å². The largest absolute Gasteiger partial charge is 0.496 e. The molecule has 0 atom stereocenters. The second-order valence-electron chi connectivity index (χ2n) is 8.61. The number of benzene rings is 1. The Balaban J connectivity index is 1.28. The minimum Gasteiger partial charge on any atom is -0.496 e. The van der Waals surface area contributed by atoms with Crippen LogP contribution in [0.2, 0.25) is 0 Å². The molecular weight excluding hydrogens is 436 g/mol. The van der Waals surface area contributed by atoms with Crippen LogP contribution in [0.3, 0.4) is 0 Å².